The maximum atomic E-state index is 5.73. The van der Waals surface area contributed by atoms with E-state index in [2.05, 4.69) is 55.3 Å². The fourth-order valence-electron chi connectivity index (χ4n) is 2.98. The quantitative estimate of drug-likeness (QED) is 0.448. The van der Waals surface area contributed by atoms with Gasteiger partial charge >= 0.3 is 0 Å². The fourth-order valence-corrected chi connectivity index (χ4v) is 2.98. The van der Waals surface area contributed by atoms with Crippen LogP contribution in [0.3, 0.4) is 0 Å². The first-order chi connectivity index (χ1) is 11.6. The van der Waals surface area contributed by atoms with Gasteiger partial charge in [0.2, 0.25) is 0 Å². The summed E-state index contributed by atoms with van der Waals surface area (Å²) in [5, 5.41) is 3.43. The molecule has 1 N–H and O–H groups in total. The van der Waals surface area contributed by atoms with Crippen LogP contribution >= 0.6 is 0 Å². The number of nitrogens with one attached hydrogen (secondary N) is 1. The Morgan fingerprint density at radius 3 is 2.71 bits per heavy atom. The van der Waals surface area contributed by atoms with Crippen molar-refractivity contribution in [1.29, 1.82) is 0 Å². The Morgan fingerprint density at radius 2 is 2.04 bits per heavy atom. The minimum Gasteiger partial charge on any atom is -0.377 e. The molecular formula is C20H33N3O. The zero-order valence-corrected chi connectivity index (χ0v) is 15.6. The van der Waals surface area contributed by atoms with Crippen molar-refractivity contribution in [2.45, 2.75) is 46.6 Å². The molecule has 1 aliphatic rings. The van der Waals surface area contributed by atoms with Crippen LogP contribution in [0.5, 0.6) is 0 Å². The van der Waals surface area contributed by atoms with Crippen LogP contribution in [-0.2, 0) is 11.3 Å². The Hall–Kier alpha value is -1.55. The highest BCUT2D eigenvalue weighted by atomic mass is 16.5. The number of nitrogens with zero attached hydrogens (tertiary/aromatic N) is 2. The Bertz CT molecular complexity index is 499. The van der Waals surface area contributed by atoms with Crippen LogP contribution in [0.1, 0.15) is 45.6 Å². The number of unbranched alkanes of at least 4 members (excludes halogenated alkanes) is 1. The van der Waals surface area contributed by atoms with Gasteiger partial charge in [-0.15, -0.1) is 0 Å². The lowest BCUT2D eigenvalue weighted by Gasteiger charge is -2.23. The van der Waals surface area contributed by atoms with Crippen LogP contribution in [-0.4, -0.2) is 43.6 Å². The summed E-state index contributed by atoms with van der Waals surface area (Å²) in [6.07, 6.45) is 3.37. The largest absolute Gasteiger partial charge is 0.377 e. The number of hydrogen-bond acceptors (Lipinski definition) is 2. The predicted octanol–water partition coefficient (Wildman–Crippen LogP) is 3.68. The molecule has 0 unspecified atom stereocenters. The lowest BCUT2D eigenvalue weighted by atomic mass is 9.93. The predicted molar refractivity (Wildman–Crippen MR) is 101 cm³/mol. The van der Waals surface area contributed by atoms with E-state index in [0.717, 1.165) is 51.6 Å². The first-order valence-electron chi connectivity index (χ1n) is 9.26. The average Bonchev–Trinajstić information content (AvgIpc) is 2.94. The van der Waals surface area contributed by atoms with Gasteiger partial charge in [0.15, 0.2) is 5.96 Å². The Kier molecular flexibility index (Phi) is 7.57. The summed E-state index contributed by atoms with van der Waals surface area (Å²) in [5.74, 6) is 1.08. The number of hydrogen-bond donors (Lipinski definition) is 1. The van der Waals surface area contributed by atoms with E-state index in [4.69, 9.17) is 9.73 Å². The zero-order chi connectivity index (χ0) is 17.3. The van der Waals surface area contributed by atoms with Crippen molar-refractivity contribution in [2.24, 2.45) is 10.4 Å². The van der Waals surface area contributed by atoms with Crippen molar-refractivity contribution in [3.63, 3.8) is 0 Å². The van der Waals surface area contributed by atoms with Crippen molar-refractivity contribution in [2.75, 3.05) is 32.8 Å². The number of ether oxygens (including phenoxy) is 1. The van der Waals surface area contributed by atoms with Gasteiger partial charge in [-0.25, -0.2) is 0 Å². The second-order valence-corrected chi connectivity index (χ2v) is 7.32. The molecule has 1 aromatic rings. The Morgan fingerprint density at radius 1 is 1.25 bits per heavy atom. The molecule has 0 amide bonds. The van der Waals surface area contributed by atoms with E-state index < -0.39 is 0 Å². The third-order valence-corrected chi connectivity index (χ3v) is 4.38. The van der Waals surface area contributed by atoms with Gasteiger partial charge in [0.25, 0.3) is 0 Å². The smallest absolute Gasteiger partial charge is 0.193 e. The maximum Gasteiger partial charge on any atom is 0.193 e. The number of aliphatic imine (C=N–C) groups is 1. The number of rotatable bonds is 8. The molecule has 24 heavy (non-hydrogen) atoms. The summed E-state index contributed by atoms with van der Waals surface area (Å²) in [6.45, 7) is 12.3. The molecule has 2 rings (SSSR count). The summed E-state index contributed by atoms with van der Waals surface area (Å²) >= 11 is 0. The lowest BCUT2D eigenvalue weighted by Crippen LogP contribution is -2.40. The summed E-state index contributed by atoms with van der Waals surface area (Å²) in [7, 11) is 0. The summed E-state index contributed by atoms with van der Waals surface area (Å²) in [6, 6.07) is 10.3. The van der Waals surface area contributed by atoms with Crippen LogP contribution in [0.2, 0.25) is 0 Å². The highest BCUT2D eigenvalue weighted by Crippen LogP contribution is 2.28. The molecule has 0 radical (unpaired) electrons. The van der Waals surface area contributed by atoms with Crippen molar-refractivity contribution >= 4 is 5.96 Å². The van der Waals surface area contributed by atoms with E-state index in [1.54, 1.807) is 0 Å². The van der Waals surface area contributed by atoms with Crippen molar-refractivity contribution in [1.82, 2.24) is 10.2 Å². The minimum atomic E-state index is 0.404. The zero-order valence-electron chi connectivity index (χ0n) is 15.6. The Labute approximate surface area is 147 Å². The first kappa shape index (κ1) is 18.8. The molecule has 4 nitrogen and oxygen atoms in total. The number of guanidine groups is 1. The van der Waals surface area contributed by atoms with Gasteiger partial charge in [-0.3, -0.25) is 4.99 Å². The standard InChI is InChI=1S/C20H33N3O/c1-4-21-19(23-14-12-20(2,3)17-23)22-13-8-9-15-24-16-18-10-6-5-7-11-18/h5-7,10-11H,4,8-9,12-17H2,1-3H3,(H,21,22). The molecule has 0 bridgehead atoms. The lowest BCUT2D eigenvalue weighted by molar-refractivity contribution is 0.117. The minimum absolute atomic E-state index is 0.404. The van der Waals surface area contributed by atoms with E-state index in [9.17, 15) is 0 Å². The second-order valence-electron chi connectivity index (χ2n) is 7.32. The van der Waals surface area contributed by atoms with Gasteiger partial charge < -0.3 is 15.0 Å². The highest BCUT2D eigenvalue weighted by molar-refractivity contribution is 5.80. The summed E-state index contributed by atoms with van der Waals surface area (Å²) in [4.78, 5) is 7.19. The van der Waals surface area contributed by atoms with Gasteiger partial charge in [0, 0.05) is 32.8 Å². The van der Waals surface area contributed by atoms with E-state index in [1.165, 1.54) is 12.0 Å². The monoisotopic (exact) mass is 331 g/mol. The molecule has 0 spiro atoms. The molecule has 134 valence electrons. The van der Waals surface area contributed by atoms with Crippen LogP contribution in [0.15, 0.2) is 35.3 Å². The molecule has 1 heterocycles. The highest BCUT2D eigenvalue weighted by Gasteiger charge is 2.30. The van der Waals surface area contributed by atoms with Crippen molar-refractivity contribution in [3.8, 4) is 0 Å². The molecule has 0 saturated carbocycles. The van der Waals surface area contributed by atoms with Crippen molar-refractivity contribution < 1.29 is 4.74 Å². The van der Waals surface area contributed by atoms with E-state index in [-0.39, 0.29) is 0 Å². The summed E-state index contributed by atoms with van der Waals surface area (Å²) < 4.78 is 5.73. The third-order valence-electron chi connectivity index (χ3n) is 4.38. The topological polar surface area (TPSA) is 36.9 Å². The van der Waals surface area contributed by atoms with Gasteiger partial charge in [0.05, 0.1) is 6.61 Å². The van der Waals surface area contributed by atoms with Gasteiger partial charge in [0.1, 0.15) is 0 Å². The fraction of sp³-hybridized carbons (Fsp3) is 0.650. The molecule has 0 aromatic heterocycles. The maximum absolute atomic E-state index is 5.73. The van der Waals surface area contributed by atoms with E-state index in [1.807, 2.05) is 6.07 Å². The Balaban J connectivity index is 1.63. The average molecular weight is 332 g/mol. The van der Waals surface area contributed by atoms with Gasteiger partial charge in [-0.1, -0.05) is 44.2 Å². The molecule has 1 aromatic carbocycles. The molecule has 4 heteroatoms. The first-order valence-corrected chi connectivity index (χ1v) is 9.26. The van der Waals surface area contributed by atoms with Crippen molar-refractivity contribution in [3.05, 3.63) is 35.9 Å². The molecule has 1 aliphatic heterocycles. The molecule has 1 saturated heterocycles. The van der Waals surface area contributed by atoms with Crippen LogP contribution in [0, 0.1) is 5.41 Å². The van der Waals surface area contributed by atoms with E-state index >= 15 is 0 Å². The van der Waals surface area contributed by atoms with Crippen LogP contribution in [0.4, 0.5) is 0 Å². The number of likely N-dealkylation sites (tertiary alicyclic amines) is 1. The second kappa shape index (κ2) is 9.67. The van der Waals surface area contributed by atoms with Crippen LogP contribution in [0.25, 0.3) is 0 Å². The molecule has 0 aliphatic carbocycles. The van der Waals surface area contributed by atoms with E-state index in [0.29, 0.717) is 12.0 Å². The van der Waals surface area contributed by atoms with Gasteiger partial charge in [-0.05, 0) is 37.2 Å². The molecular weight excluding hydrogens is 298 g/mol. The normalized spacial score (nSPS) is 17.3. The third kappa shape index (κ3) is 6.52. The SMILES string of the molecule is CCNC(=NCCCCOCc1ccccc1)N1CCC(C)(C)C1. The van der Waals surface area contributed by atoms with Crippen LogP contribution < -0.4 is 5.32 Å². The molecule has 1 fully saturated rings. The molecule has 0 atom stereocenters. The number of benzene rings is 1. The van der Waals surface area contributed by atoms with Gasteiger partial charge in [-0.2, -0.15) is 0 Å². The summed E-state index contributed by atoms with van der Waals surface area (Å²) in [5.41, 5.74) is 1.64.